The summed E-state index contributed by atoms with van der Waals surface area (Å²) < 4.78 is 5.54. The van der Waals surface area contributed by atoms with Gasteiger partial charge in [0.2, 0.25) is 5.91 Å². The van der Waals surface area contributed by atoms with E-state index in [4.69, 9.17) is 4.74 Å². The van der Waals surface area contributed by atoms with Crippen molar-refractivity contribution in [3.8, 4) is 5.75 Å². The summed E-state index contributed by atoms with van der Waals surface area (Å²) in [5.74, 6) is 1.32. The lowest BCUT2D eigenvalue weighted by molar-refractivity contribution is -0.119. The third-order valence-electron chi connectivity index (χ3n) is 4.64. The SMILES string of the molecule is CCOc1ccc(N(C/C=C/c2ccccc2)C(=O)CC(C)CC(C)(C)C)cc1. The predicted octanol–water partition coefficient (Wildman–Crippen LogP) is 6.59. The molecule has 3 heteroatoms. The first kappa shape index (κ1) is 22.7. The molecule has 0 radical (unpaired) electrons. The Kier molecular flexibility index (Phi) is 8.50. The zero-order valence-corrected chi connectivity index (χ0v) is 18.5. The average molecular weight is 394 g/mol. The number of nitrogens with zero attached hydrogens (tertiary/aromatic N) is 1. The average Bonchev–Trinajstić information content (AvgIpc) is 2.65. The summed E-state index contributed by atoms with van der Waals surface area (Å²) in [7, 11) is 0. The molecule has 0 aromatic heterocycles. The molecule has 0 aliphatic rings. The van der Waals surface area contributed by atoms with Gasteiger partial charge in [-0.3, -0.25) is 4.79 Å². The Bertz CT molecular complexity index is 773. The maximum absolute atomic E-state index is 13.2. The van der Waals surface area contributed by atoms with E-state index in [0.29, 0.717) is 25.5 Å². The lowest BCUT2D eigenvalue weighted by Crippen LogP contribution is -2.32. The molecule has 156 valence electrons. The van der Waals surface area contributed by atoms with Gasteiger partial charge in [0.15, 0.2) is 0 Å². The van der Waals surface area contributed by atoms with Crippen LogP contribution in [0.15, 0.2) is 60.7 Å². The van der Waals surface area contributed by atoms with Crippen molar-refractivity contribution in [3.63, 3.8) is 0 Å². The van der Waals surface area contributed by atoms with Gasteiger partial charge in [-0.1, -0.05) is 70.2 Å². The second kappa shape index (κ2) is 10.8. The van der Waals surface area contributed by atoms with Gasteiger partial charge < -0.3 is 9.64 Å². The topological polar surface area (TPSA) is 29.5 Å². The van der Waals surface area contributed by atoms with Crippen LogP contribution in [0, 0.1) is 11.3 Å². The molecule has 0 N–H and O–H groups in total. The number of amides is 1. The van der Waals surface area contributed by atoms with E-state index in [1.807, 2.05) is 54.3 Å². The highest BCUT2D eigenvalue weighted by molar-refractivity contribution is 5.94. The van der Waals surface area contributed by atoms with Crippen LogP contribution in [-0.4, -0.2) is 19.1 Å². The molecule has 0 aliphatic carbocycles. The molecule has 2 aromatic rings. The lowest BCUT2D eigenvalue weighted by Gasteiger charge is -2.26. The van der Waals surface area contributed by atoms with Crippen molar-refractivity contribution in [3.05, 3.63) is 66.2 Å². The molecule has 0 heterocycles. The van der Waals surface area contributed by atoms with Gasteiger partial charge in [-0.15, -0.1) is 0 Å². The fourth-order valence-corrected chi connectivity index (χ4v) is 3.62. The molecule has 1 unspecified atom stereocenters. The number of hydrogen-bond donors (Lipinski definition) is 0. The number of ether oxygens (including phenoxy) is 1. The summed E-state index contributed by atoms with van der Waals surface area (Å²) in [6.07, 6.45) is 5.69. The summed E-state index contributed by atoms with van der Waals surface area (Å²) >= 11 is 0. The zero-order chi connectivity index (χ0) is 21.3. The maximum Gasteiger partial charge on any atom is 0.227 e. The van der Waals surface area contributed by atoms with Gasteiger partial charge in [0, 0.05) is 18.7 Å². The molecule has 1 amide bonds. The van der Waals surface area contributed by atoms with Crippen LogP contribution in [0.25, 0.3) is 6.08 Å². The molecule has 1 atom stereocenters. The second-order valence-corrected chi connectivity index (χ2v) is 8.82. The molecule has 0 aliphatic heterocycles. The van der Waals surface area contributed by atoms with Gasteiger partial charge in [0.25, 0.3) is 0 Å². The minimum atomic E-state index is 0.156. The van der Waals surface area contributed by atoms with Crippen molar-refractivity contribution in [2.45, 2.75) is 47.5 Å². The van der Waals surface area contributed by atoms with Crippen molar-refractivity contribution in [2.24, 2.45) is 11.3 Å². The van der Waals surface area contributed by atoms with E-state index in [1.54, 1.807) is 0 Å². The molecule has 29 heavy (non-hydrogen) atoms. The standard InChI is InChI=1S/C26H35NO2/c1-6-29-24-16-14-23(15-17-24)27(18-10-13-22-11-8-7-9-12-22)25(28)19-21(2)20-26(3,4)5/h7-17,21H,6,18-20H2,1-5H3/b13-10+. The second-order valence-electron chi connectivity index (χ2n) is 8.82. The highest BCUT2D eigenvalue weighted by Gasteiger charge is 2.21. The van der Waals surface area contributed by atoms with Crippen molar-refractivity contribution in [1.29, 1.82) is 0 Å². The van der Waals surface area contributed by atoms with E-state index in [-0.39, 0.29) is 11.3 Å². The van der Waals surface area contributed by atoms with Crippen molar-refractivity contribution >= 4 is 17.7 Å². The van der Waals surface area contributed by atoms with E-state index in [2.05, 4.69) is 52.0 Å². The van der Waals surface area contributed by atoms with Gasteiger partial charge in [0.05, 0.1) is 6.61 Å². The smallest absolute Gasteiger partial charge is 0.227 e. The summed E-state index contributed by atoms with van der Waals surface area (Å²) in [5.41, 5.74) is 2.25. The highest BCUT2D eigenvalue weighted by atomic mass is 16.5. The third-order valence-corrected chi connectivity index (χ3v) is 4.64. The Morgan fingerprint density at radius 2 is 1.72 bits per heavy atom. The van der Waals surface area contributed by atoms with Crippen molar-refractivity contribution < 1.29 is 9.53 Å². The van der Waals surface area contributed by atoms with E-state index in [9.17, 15) is 4.79 Å². The number of carbonyl (C=O) groups is 1. The normalized spacial score (nSPS) is 12.7. The van der Waals surface area contributed by atoms with Crippen molar-refractivity contribution in [2.75, 3.05) is 18.1 Å². The molecule has 2 rings (SSSR count). The molecule has 0 fully saturated rings. The molecule has 3 nitrogen and oxygen atoms in total. The van der Waals surface area contributed by atoms with E-state index >= 15 is 0 Å². The first-order valence-electron chi connectivity index (χ1n) is 10.5. The molecule has 0 bridgehead atoms. The van der Waals surface area contributed by atoms with Gasteiger partial charge in [0.1, 0.15) is 5.75 Å². The number of carbonyl (C=O) groups excluding carboxylic acids is 1. The number of anilines is 1. The molecule has 0 saturated carbocycles. The summed E-state index contributed by atoms with van der Waals surface area (Å²) in [4.78, 5) is 15.0. The monoisotopic (exact) mass is 393 g/mol. The Labute approximate surface area is 176 Å². The summed E-state index contributed by atoms with van der Waals surface area (Å²) in [5, 5.41) is 0. The van der Waals surface area contributed by atoms with E-state index < -0.39 is 0 Å². The van der Waals surface area contributed by atoms with Gasteiger partial charge >= 0.3 is 0 Å². The van der Waals surface area contributed by atoms with Gasteiger partial charge in [-0.2, -0.15) is 0 Å². The minimum Gasteiger partial charge on any atom is -0.494 e. The number of benzene rings is 2. The Hall–Kier alpha value is -2.55. The van der Waals surface area contributed by atoms with Crippen LogP contribution in [0.5, 0.6) is 5.75 Å². The zero-order valence-electron chi connectivity index (χ0n) is 18.5. The van der Waals surface area contributed by atoms with Gasteiger partial charge in [-0.25, -0.2) is 0 Å². The molecular formula is C26H35NO2. The predicted molar refractivity (Wildman–Crippen MR) is 123 cm³/mol. The van der Waals surface area contributed by atoms with Crippen LogP contribution < -0.4 is 9.64 Å². The highest BCUT2D eigenvalue weighted by Crippen LogP contribution is 2.27. The lowest BCUT2D eigenvalue weighted by atomic mass is 9.84. The first-order chi connectivity index (χ1) is 13.8. The Balaban J connectivity index is 2.15. The van der Waals surface area contributed by atoms with Crippen LogP contribution in [0.2, 0.25) is 0 Å². The fourth-order valence-electron chi connectivity index (χ4n) is 3.62. The number of rotatable bonds is 9. The molecular weight excluding hydrogens is 358 g/mol. The summed E-state index contributed by atoms with van der Waals surface area (Å²) in [6, 6.07) is 17.9. The largest absolute Gasteiger partial charge is 0.494 e. The minimum absolute atomic E-state index is 0.156. The van der Waals surface area contributed by atoms with Crippen molar-refractivity contribution in [1.82, 2.24) is 0 Å². The Morgan fingerprint density at radius 3 is 2.31 bits per heavy atom. The Morgan fingerprint density at radius 1 is 1.07 bits per heavy atom. The number of hydrogen-bond acceptors (Lipinski definition) is 2. The summed E-state index contributed by atoms with van der Waals surface area (Å²) in [6.45, 7) is 12.0. The van der Waals surface area contributed by atoms with Crippen LogP contribution in [0.4, 0.5) is 5.69 Å². The quantitative estimate of drug-likeness (QED) is 0.481. The van der Waals surface area contributed by atoms with Gasteiger partial charge in [-0.05, 0) is 54.5 Å². The van der Waals surface area contributed by atoms with Crippen LogP contribution in [-0.2, 0) is 4.79 Å². The molecule has 2 aromatic carbocycles. The fraction of sp³-hybridized carbons (Fsp3) is 0.423. The molecule has 0 spiro atoms. The van der Waals surface area contributed by atoms with Crippen LogP contribution >= 0.6 is 0 Å². The molecule has 0 saturated heterocycles. The van der Waals surface area contributed by atoms with Crippen LogP contribution in [0.1, 0.15) is 53.0 Å². The van der Waals surface area contributed by atoms with E-state index in [0.717, 1.165) is 23.4 Å². The van der Waals surface area contributed by atoms with E-state index in [1.165, 1.54) is 0 Å². The maximum atomic E-state index is 13.2. The third kappa shape index (κ3) is 8.15. The first-order valence-corrected chi connectivity index (χ1v) is 10.5. The van der Waals surface area contributed by atoms with Crippen LogP contribution in [0.3, 0.4) is 0 Å².